The monoisotopic (exact) mass is 290 g/mol. The van der Waals surface area contributed by atoms with Gasteiger partial charge in [0.15, 0.2) is 0 Å². The maximum absolute atomic E-state index is 10.6. The summed E-state index contributed by atoms with van der Waals surface area (Å²) in [6.45, 7) is 3.30. The number of nitrogens with one attached hydrogen (secondary N) is 1. The number of nitro benzene ring substituents is 1. The minimum atomic E-state index is -0.400. The van der Waals surface area contributed by atoms with E-state index in [1.165, 1.54) is 12.1 Å². The van der Waals surface area contributed by atoms with Crippen molar-refractivity contribution in [2.24, 2.45) is 0 Å². The summed E-state index contributed by atoms with van der Waals surface area (Å²) >= 11 is 6.15. The lowest BCUT2D eigenvalue weighted by Crippen LogP contribution is -2.13. The van der Waals surface area contributed by atoms with Crippen LogP contribution in [-0.2, 0) is 13.1 Å². The van der Waals surface area contributed by atoms with Crippen LogP contribution < -0.4 is 5.32 Å². The highest BCUT2D eigenvalue weighted by molar-refractivity contribution is 6.31. The van der Waals surface area contributed by atoms with Crippen LogP contribution in [0.2, 0.25) is 5.02 Å². The van der Waals surface area contributed by atoms with Gasteiger partial charge < -0.3 is 5.32 Å². The van der Waals surface area contributed by atoms with Gasteiger partial charge in [-0.25, -0.2) is 0 Å². The van der Waals surface area contributed by atoms with Crippen molar-refractivity contribution in [2.45, 2.75) is 20.0 Å². The molecular weight excluding hydrogens is 276 g/mol. The molecule has 0 amide bonds. The molecule has 0 heterocycles. The molecule has 0 aliphatic heterocycles. The Kier molecular flexibility index (Phi) is 4.71. The maximum atomic E-state index is 10.6. The SMILES string of the molecule is Cc1ccc(CNCc2ccc([N+](=O)[O-])cc2)c(Cl)c1. The van der Waals surface area contributed by atoms with E-state index in [4.69, 9.17) is 11.6 Å². The second-order valence-corrected chi connectivity index (χ2v) is 5.03. The molecule has 2 rings (SSSR count). The largest absolute Gasteiger partial charge is 0.309 e. The smallest absolute Gasteiger partial charge is 0.269 e. The standard InChI is InChI=1S/C15H15ClN2O2/c1-11-2-5-13(15(16)8-11)10-17-9-12-3-6-14(7-4-12)18(19)20/h2-8,17H,9-10H2,1H3. The molecule has 0 saturated heterocycles. The van der Waals surface area contributed by atoms with Crippen molar-refractivity contribution in [2.75, 3.05) is 0 Å². The van der Waals surface area contributed by atoms with Crippen molar-refractivity contribution >= 4 is 17.3 Å². The Hall–Kier alpha value is -1.91. The Balaban J connectivity index is 1.91. The van der Waals surface area contributed by atoms with Gasteiger partial charge in [0.2, 0.25) is 0 Å². The molecule has 0 radical (unpaired) electrons. The maximum Gasteiger partial charge on any atom is 0.269 e. The van der Waals surface area contributed by atoms with E-state index in [0.717, 1.165) is 21.7 Å². The van der Waals surface area contributed by atoms with E-state index in [1.54, 1.807) is 12.1 Å². The molecule has 2 aromatic carbocycles. The number of non-ortho nitro benzene ring substituents is 1. The predicted molar refractivity (Wildman–Crippen MR) is 79.8 cm³/mol. The fourth-order valence-corrected chi connectivity index (χ4v) is 2.17. The number of benzene rings is 2. The number of hydrogen-bond acceptors (Lipinski definition) is 3. The molecule has 20 heavy (non-hydrogen) atoms. The fourth-order valence-electron chi connectivity index (χ4n) is 1.87. The number of nitrogens with zero attached hydrogens (tertiary/aromatic N) is 1. The van der Waals surface area contributed by atoms with Crippen molar-refractivity contribution in [3.63, 3.8) is 0 Å². The molecule has 0 aromatic heterocycles. The lowest BCUT2D eigenvalue weighted by Gasteiger charge is -2.07. The molecule has 0 spiro atoms. The molecule has 0 aliphatic carbocycles. The molecule has 0 fully saturated rings. The summed E-state index contributed by atoms with van der Waals surface area (Å²) in [6.07, 6.45) is 0. The average Bonchev–Trinajstić information content (AvgIpc) is 2.42. The summed E-state index contributed by atoms with van der Waals surface area (Å²) < 4.78 is 0. The van der Waals surface area contributed by atoms with Crippen molar-refractivity contribution in [1.29, 1.82) is 0 Å². The Morgan fingerprint density at radius 3 is 2.45 bits per heavy atom. The lowest BCUT2D eigenvalue weighted by atomic mass is 10.1. The summed E-state index contributed by atoms with van der Waals surface area (Å²) in [5.41, 5.74) is 3.28. The molecule has 0 bridgehead atoms. The highest BCUT2D eigenvalue weighted by Gasteiger charge is 2.04. The van der Waals surface area contributed by atoms with Gasteiger partial charge >= 0.3 is 0 Å². The zero-order valence-electron chi connectivity index (χ0n) is 11.1. The number of nitro groups is 1. The van der Waals surface area contributed by atoms with Crippen LogP contribution in [0.25, 0.3) is 0 Å². The van der Waals surface area contributed by atoms with Gasteiger partial charge in [-0.3, -0.25) is 10.1 Å². The highest BCUT2D eigenvalue weighted by atomic mass is 35.5. The first kappa shape index (κ1) is 14.5. The molecule has 0 atom stereocenters. The van der Waals surface area contributed by atoms with Gasteiger partial charge in [0.1, 0.15) is 0 Å². The molecule has 5 heteroatoms. The Morgan fingerprint density at radius 2 is 1.85 bits per heavy atom. The quantitative estimate of drug-likeness (QED) is 0.672. The molecule has 2 aromatic rings. The van der Waals surface area contributed by atoms with E-state index in [2.05, 4.69) is 5.32 Å². The second-order valence-electron chi connectivity index (χ2n) is 4.62. The van der Waals surface area contributed by atoms with Crippen LogP contribution in [0.1, 0.15) is 16.7 Å². The van der Waals surface area contributed by atoms with Gasteiger partial charge in [0.05, 0.1) is 4.92 Å². The van der Waals surface area contributed by atoms with Crippen molar-refractivity contribution in [1.82, 2.24) is 5.32 Å². The van der Waals surface area contributed by atoms with Crippen molar-refractivity contribution in [3.8, 4) is 0 Å². The highest BCUT2D eigenvalue weighted by Crippen LogP contribution is 2.17. The number of halogens is 1. The summed E-state index contributed by atoms with van der Waals surface area (Å²) in [5.74, 6) is 0. The van der Waals surface area contributed by atoms with Gasteiger partial charge in [-0.2, -0.15) is 0 Å². The minimum Gasteiger partial charge on any atom is -0.309 e. The van der Waals surface area contributed by atoms with Crippen LogP contribution >= 0.6 is 11.6 Å². The van der Waals surface area contributed by atoms with Gasteiger partial charge in [-0.1, -0.05) is 35.9 Å². The first-order chi connectivity index (χ1) is 9.56. The fraction of sp³-hybridized carbons (Fsp3) is 0.200. The zero-order chi connectivity index (χ0) is 14.5. The number of hydrogen-bond donors (Lipinski definition) is 1. The molecule has 0 aliphatic rings. The summed E-state index contributed by atoms with van der Waals surface area (Å²) in [5, 5.41) is 14.6. The van der Waals surface area contributed by atoms with Crippen LogP contribution in [0.3, 0.4) is 0 Å². The third-order valence-electron chi connectivity index (χ3n) is 3.00. The van der Waals surface area contributed by atoms with Crippen LogP contribution in [-0.4, -0.2) is 4.92 Å². The van der Waals surface area contributed by atoms with E-state index >= 15 is 0 Å². The number of rotatable bonds is 5. The third-order valence-corrected chi connectivity index (χ3v) is 3.35. The Bertz CT molecular complexity index is 612. The van der Waals surface area contributed by atoms with Gasteiger partial charge in [0, 0.05) is 30.2 Å². The molecule has 0 saturated carbocycles. The first-order valence-corrected chi connectivity index (χ1v) is 6.63. The lowest BCUT2D eigenvalue weighted by molar-refractivity contribution is -0.384. The van der Waals surface area contributed by atoms with Gasteiger partial charge in [-0.05, 0) is 29.7 Å². The van der Waals surface area contributed by atoms with Gasteiger partial charge in [0.25, 0.3) is 5.69 Å². The van der Waals surface area contributed by atoms with Crippen LogP contribution in [0.15, 0.2) is 42.5 Å². The third kappa shape index (κ3) is 3.79. The molecule has 4 nitrogen and oxygen atoms in total. The van der Waals surface area contributed by atoms with E-state index < -0.39 is 4.92 Å². The Labute approximate surface area is 122 Å². The normalized spacial score (nSPS) is 10.5. The van der Waals surface area contributed by atoms with E-state index in [-0.39, 0.29) is 5.69 Å². The number of aryl methyl sites for hydroxylation is 1. The van der Waals surface area contributed by atoms with Crippen LogP contribution in [0.5, 0.6) is 0 Å². The minimum absolute atomic E-state index is 0.107. The Morgan fingerprint density at radius 1 is 1.15 bits per heavy atom. The van der Waals surface area contributed by atoms with Crippen LogP contribution in [0.4, 0.5) is 5.69 Å². The molecule has 1 N–H and O–H groups in total. The molecular formula is C15H15ClN2O2. The van der Waals surface area contributed by atoms with Gasteiger partial charge in [-0.15, -0.1) is 0 Å². The summed E-state index contributed by atoms with van der Waals surface area (Å²) in [4.78, 5) is 10.2. The van der Waals surface area contributed by atoms with Crippen molar-refractivity contribution < 1.29 is 4.92 Å². The van der Waals surface area contributed by atoms with E-state index in [1.807, 2.05) is 25.1 Å². The summed E-state index contributed by atoms with van der Waals surface area (Å²) in [6, 6.07) is 12.5. The predicted octanol–water partition coefficient (Wildman–Crippen LogP) is 3.85. The van der Waals surface area contributed by atoms with E-state index in [9.17, 15) is 10.1 Å². The van der Waals surface area contributed by atoms with Crippen LogP contribution in [0, 0.1) is 17.0 Å². The summed E-state index contributed by atoms with van der Waals surface area (Å²) in [7, 11) is 0. The topological polar surface area (TPSA) is 55.2 Å². The molecule has 104 valence electrons. The average molecular weight is 291 g/mol. The van der Waals surface area contributed by atoms with E-state index in [0.29, 0.717) is 13.1 Å². The zero-order valence-corrected chi connectivity index (χ0v) is 11.9. The van der Waals surface area contributed by atoms with Crippen molar-refractivity contribution in [3.05, 3.63) is 74.3 Å². The second kappa shape index (κ2) is 6.50. The molecule has 0 unspecified atom stereocenters. The first-order valence-electron chi connectivity index (χ1n) is 6.25.